The Labute approximate surface area is 173 Å². The van der Waals surface area contributed by atoms with Gasteiger partial charge in [-0.1, -0.05) is 12.1 Å². The van der Waals surface area contributed by atoms with E-state index in [9.17, 15) is 4.79 Å². The van der Waals surface area contributed by atoms with E-state index in [0.29, 0.717) is 0 Å². The predicted molar refractivity (Wildman–Crippen MR) is 113 cm³/mol. The van der Waals surface area contributed by atoms with Crippen molar-refractivity contribution in [2.75, 3.05) is 33.3 Å². The molecule has 4 rings (SSSR count). The zero-order chi connectivity index (χ0) is 19.5. The molecule has 1 aliphatic heterocycles. The number of aromatic nitrogens is 2. The number of rotatable bonds is 5. The van der Waals surface area contributed by atoms with Crippen molar-refractivity contribution in [2.45, 2.75) is 6.67 Å². The Balaban J connectivity index is 1.40. The summed E-state index contributed by atoms with van der Waals surface area (Å²) in [5.74, 6) is 0.939. The summed E-state index contributed by atoms with van der Waals surface area (Å²) >= 11 is 7.17. The first-order valence-electron chi connectivity index (χ1n) is 9.13. The van der Waals surface area contributed by atoms with E-state index < -0.39 is 0 Å². The van der Waals surface area contributed by atoms with Crippen LogP contribution in [0.25, 0.3) is 5.69 Å². The number of carbonyl (C=O) groups is 1. The van der Waals surface area contributed by atoms with E-state index in [4.69, 9.17) is 17.0 Å². The van der Waals surface area contributed by atoms with E-state index >= 15 is 0 Å². The maximum Gasteiger partial charge on any atom is 0.264 e. The molecule has 1 aromatic carbocycles. The molecule has 8 heteroatoms. The van der Waals surface area contributed by atoms with Crippen molar-refractivity contribution in [1.29, 1.82) is 0 Å². The van der Waals surface area contributed by atoms with Crippen LogP contribution in [0.1, 0.15) is 9.67 Å². The quantitative estimate of drug-likeness (QED) is 0.600. The molecule has 0 saturated carbocycles. The van der Waals surface area contributed by atoms with E-state index in [1.807, 2.05) is 63.6 Å². The summed E-state index contributed by atoms with van der Waals surface area (Å²) in [7, 11) is 1.66. The average Bonchev–Trinajstić information content (AvgIpc) is 3.39. The minimum absolute atomic E-state index is 0.135. The molecule has 28 heavy (non-hydrogen) atoms. The third-order valence-electron chi connectivity index (χ3n) is 4.92. The van der Waals surface area contributed by atoms with Crippen LogP contribution in [-0.4, -0.2) is 58.1 Å². The summed E-state index contributed by atoms with van der Waals surface area (Å²) in [4.78, 5) is 17.5. The summed E-state index contributed by atoms with van der Waals surface area (Å²) in [6.45, 7) is 3.87. The number of benzene rings is 1. The number of hydrogen-bond donors (Lipinski definition) is 0. The molecule has 6 nitrogen and oxygen atoms in total. The lowest BCUT2D eigenvalue weighted by Crippen LogP contribution is -2.48. The predicted octanol–water partition coefficient (Wildman–Crippen LogP) is 3.49. The van der Waals surface area contributed by atoms with Gasteiger partial charge in [-0.15, -0.1) is 11.3 Å². The zero-order valence-corrected chi connectivity index (χ0v) is 17.3. The van der Waals surface area contributed by atoms with Gasteiger partial charge in [-0.3, -0.25) is 14.3 Å². The SMILES string of the molecule is COc1cccc(-n2ccn(CN3CCN(C(=O)c4cccs4)CC3)c2=S)c1. The number of imidazole rings is 1. The third kappa shape index (κ3) is 3.89. The van der Waals surface area contributed by atoms with Gasteiger partial charge in [0.2, 0.25) is 0 Å². The van der Waals surface area contributed by atoms with Crippen LogP contribution >= 0.6 is 23.6 Å². The van der Waals surface area contributed by atoms with Crippen molar-refractivity contribution in [3.8, 4) is 11.4 Å². The Morgan fingerprint density at radius 1 is 1.14 bits per heavy atom. The second-order valence-corrected chi connectivity index (χ2v) is 7.96. The number of amides is 1. The summed E-state index contributed by atoms with van der Waals surface area (Å²) in [6, 6.07) is 11.7. The molecule has 146 valence electrons. The molecule has 1 aliphatic rings. The lowest BCUT2D eigenvalue weighted by molar-refractivity contribution is 0.0598. The average molecular weight is 415 g/mol. The van der Waals surface area contributed by atoms with Crippen LogP contribution < -0.4 is 4.74 Å². The molecule has 0 unspecified atom stereocenters. The van der Waals surface area contributed by atoms with Gasteiger partial charge in [0, 0.05) is 44.6 Å². The highest BCUT2D eigenvalue weighted by molar-refractivity contribution is 7.71. The largest absolute Gasteiger partial charge is 0.497 e. The summed E-state index contributed by atoms with van der Waals surface area (Å²) in [5, 5.41) is 1.94. The van der Waals surface area contributed by atoms with Crippen LogP contribution in [0.3, 0.4) is 0 Å². The topological polar surface area (TPSA) is 42.6 Å². The molecular formula is C20H22N4O2S2. The highest BCUT2D eigenvalue weighted by Crippen LogP contribution is 2.18. The Morgan fingerprint density at radius 3 is 2.68 bits per heavy atom. The Morgan fingerprint density at radius 2 is 1.96 bits per heavy atom. The zero-order valence-electron chi connectivity index (χ0n) is 15.7. The van der Waals surface area contributed by atoms with E-state index in [0.717, 1.165) is 53.9 Å². The number of hydrogen-bond acceptors (Lipinski definition) is 5. The molecule has 3 aromatic rings. The van der Waals surface area contributed by atoms with Crippen LogP contribution in [0, 0.1) is 4.77 Å². The van der Waals surface area contributed by atoms with Crippen LogP contribution in [0.15, 0.2) is 54.2 Å². The highest BCUT2D eigenvalue weighted by atomic mass is 32.1. The minimum Gasteiger partial charge on any atom is -0.497 e. The highest BCUT2D eigenvalue weighted by Gasteiger charge is 2.22. The van der Waals surface area contributed by atoms with Gasteiger partial charge >= 0.3 is 0 Å². The molecule has 1 saturated heterocycles. The van der Waals surface area contributed by atoms with E-state index in [1.54, 1.807) is 7.11 Å². The fraction of sp³-hybridized carbons (Fsp3) is 0.300. The van der Waals surface area contributed by atoms with Gasteiger partial charge in [-0.2, -0.15) is 0 Å². The summed E-state index contributed by atoms with van der Waals surface area (Å²) < 4.78 is 10.1. The summed E-state index contributed by atoms with van der Waals surface area (Å²) in [5.41, 5.74) is 0.981. The fourth-order valence-electron chi connectivity index (χ4n) is 3.34. The Hall–Kier alpha value is -2.42. The van der Waals surface area contributed by atoms with E-state index in [-0.39, 0.29) is 5.91 Å². The van der Waals surface area contributed by atoms with Crippen LogP contribution in [0.5, 0.6) is 5.75 Å². The van der Waals surface area contributed by atoms with Crippen molar-refractivity contribution >= 4 is 29.5 Å². The van der Waals surface area contributed by atoms with Crippen LogP contribution in [0.4, 0.5) is 0 Å². The molecular weight excluding hydrogens is 392 g/mol. The van der Waals surface area contributed by atoms with Crippen molar-refractivity contribution in [2.24, 2.45) is 0 Å². The number of ether oxygens (including phenoxy) is 1. The molecule has 2 aromatic heterocycles. The maximum absolute atomic E-state index is 12.5. The van der Waals surface area contributed by atoms with Crippen molar-refractivity contribution in [3.05, 3.63) is 63.8 Å². The van der Waals surface area contributed by atoms with Gasteiger partial charge in [-0.25, -0.2) is 0 Å². The monoisotopic (exact) mass is 414 g/mol. The minimum atomic E-state index is 0.135. The Bertz CT molecular complexity index is 1000. The lowest BCUT2D eigenvalue weighted by Gasteiger charge is -2.34. The van der Waals surface area contributed by atoms with Gasteiger partial charge in [0.1, 0.15) is 5.75 Å². The first kappa shape index (κ1) is 18.9. The lowest BCUT2D eigenvalue weighted by atomic mass is 10.3. The molecule has 0 bridgehead atoms. The number of methoxy groups -OCH3 is 1. The molecule has 0 aliphatic carbocycles. The van der Waals surface area contributed by atoms with Gasteiger partial charge in [0.25, 0.3) is 5.91 Å². The number of nitrogens with zero attached hydrogens (tertiary/aromatic N) is 4. The second-order valence-electron chi connectivity index (χ2n) is 6.65. The fourth-order valence-corrected chi connectivity index (χ4v) is 4.32. The van der Waals surface area contributed by atoms with E-state index in [2.05, 4.69) is 9.47 Å². The molecule has 0 spiro atoms. The van der Waals surface area contributed by atoms with Gasteiger partial charge in [0.15, 0.2) is 4.77 Å². The smallest absolute Gasteiger partial charge is 0.264 e. The second kappa shape index (κ2) is 8.30. The summed E-state index contributed by atoms with van der Waals surface area (Å²) in [6.07, 6.45) is 3.98. The normalized spacial score (nSPS) is 15.0. The van der Waals surface area contributed by atoms with Crippen molar-refractivity contribution in [3.63, 3.8) is 0 Å². The first-order valence-corrected chi connectivity index (χ1v) is 10.4. The van der Waals surface area contributed by atoms with Gasteiger partial charge in [-0.05, 0) is 35.8 Å². The maximum atomic E-state index is 12.5. The number of piperazine rings is 1. The number of thiophene rings is 1. The molecule has 1 fully saturated rings. The standard InChI is InChI=1S/C20H22N4O2S2/c1-26-17-5-2-4-16(14-17)24-12-11-23(20(24)27)15-21-7-9-22(10-8-21)19(25)18-6-3-13-28-18/h2-6,11-14H,7-10,15H2,1H3. The van der Waals surface area contributed by atoms with Gasteiger partial charge < -0.3 is 14.2 Å². The van der Waals surface area contributed by atoms with Crippen molar-refractivity contribution in [1.82, 2.24) is 18.9 Å². The molecule has 0 radical (unpaired) electrons. The van der Waals surface area contributed by atoms with Gasteiger partial charge in [0.05, 0.1) is 24.3 Å². The van der Waals surface area contributed by atoms with Crippen molar-refractivity contribution < 1.29 is 9.53 Å². The third-order valence-corrected chi connectivity index (χ3v) is 6.21. The first-order chi connectivity index (χ1) is 13.7. The molecule has 3 heterocycles. The van der Waals surface area contributed by atoms with Crippen LogP contribution in [-0.2, 0) is 6.67 Å². The van der Waals surface area contributed by atoms with E-state index in [1.165, 1.54) is 11.3 Å². The van der Waals surface area contributed by atoms with Crippen LogP contribution in [0.2, 0.25) is 0 Å². The molecule has 0 atom stereocenters. The Kier molecular flexibility index (Phi) is 5.61. The molecule has 0 N–H and O–H groups in total. The number of carbonyl (C=O) groups excluding carboxylic acids is 1. The molecule has 1 amide bonds.